The van der Waals surface area contributed by atoms with Crippen molar-refractivity contribution in [2.24, 2.45) is 4.99 Å². The molecule has 2 heterocycles. The molecule has 0 saturated heterocycles. The first-order chi connectivity index (χ1) is 17.8. The van der Waals surface area contributed by atoms with Gasteiger partial charge >= 0.3 is 0 Å². The van der Waals surface area contributed by atoms with Gasteiger partial charge in [0.25, 0.3) is 0 Å². The Morgan fingerprint density at radius 2 is 2.00 bits per heavy atom. The van der Waals surface area contributed by atoms with E-state index in [0.717, 1.165) is 22.2 Å². The molecule has 0 bridgehead atoms. The molecule has 4 aromatic rings. The molecule has 37 heavy (non-hydrogen) atoms. The predicted octanol–water partition coefficient (Wildman–Crippen LogP) is 5.86. The maximum atomic E-state index is 13.4. The van der Waals surface area contributed by atoms with Crippen LogP contribution < -0.4 is 10.1 Å². The van der Waals surface area contributed by atoms with E-state index in [1.54, 1.807) is 31.2 Å². The zero-order valence-electron chi connectivity index (χ0n) is 20.4. The zero-order valence-corrected chi connectivity index (χ0v) is 21.2. The standard InChI is InChI=1S/C28H26ClFN4O3/c1-17(35)28(2)15-31-26(37-28)12-18-6-8-24-22(11-18)27(33-16-32-24)34-21-7-9-25(23(29)13-21)36-14-19-4-3-5-20(30)10-19/h3-11,13,16-17,35H,12,14-15H2,1-2H3,(H,32,33,34)/t17-,28+/m1/s1. The van der Waals surface area contributed by atoms with Gasteiger partial charge in [-0.05, 0) is 67.4 Å². The fraction of sp³-hybridized carbons (Fsp3) is 0.250. The highest BCUT2D eigenvalue weighted by Crippen LogP contribution is 2.31. The molecule has 2 atom stereocenters. The van der Waals surface area contributed by atoms with Crippen molar-refractivity contribution >= 4 is 39.9 Å². The Bertz CT molecular complexity index is 1480. The molecule has 2 N–H and O–H groups in total. The van der Waals surface area contributed by atoms with E-state index >= 15 is 0 Å². The lowest BCUT2D eigenvalue weighted by Gasteiger charge is -2.26. The van der Waals surface area contributed by atoms with Gasteiger partial charge in [-0.2, -0.15) is 0 Å². The lowest BCUT2D eigenvalue weighted by Crippen LogP contribution is -2.41. The summed E-state index contributed by atoms with van der Waals surface area (Å²) in [5, 5.41) is 14.5. The van der Waals surface area contributed by atoms with Crippen molar-refractivity contribution in [2.45, 2.75) is 38.6 Å². The van der Waals surface area contributed by atoms with Crippen LogP contribution in [-0.2, 0) is 17.8 Å². The van der Waals surface area contributed by atoms with Crippen LogP contribution in [0.3, 0.4) is 0 Å². The number of aromatic nitrogens is 2. The van der Waals surface area contributed by atoms with Gasteiger partial charge < -0.3 is 19.9 Å². The number of hydrogen-bond donors (Lipinski definition) is 2. The van der Waals surface area contributed by atoms with Gasteiger partial charge in [0.2, 0.25) is 0 Å². The second kappa shape index (κ2) is 10.3. The number of rotatable bonds is 8. The van der Waals surface area contributed by atoms with E-state index in [2.05, 4.69) is 20.3 Å². The van der Waals surface area contributed by atoms with E-state index in [9.17, 15) is 9.50 Å². The molecule has 0 unspecified atom stereocenters. The molecular formula is C28H26ClFN4O3. The average Bonchev–Trinajstić information content (AvgIpc) is 3.26. The van der Waals surface area contributed by atoms with Crippen LogP contribution in [0.4, 0.5) is 15.9 Å². The Hall–Kier alpha value is -3.75. The highest BCUT2D eigenvalue weighted by Gasteiger charge is 2.37. The van der Waals surface area contributed by atoms with E-state index in [1.165, 1.54) is 18.5 Å². The molecule has 0 radical (unpaired) electrons. The summed E-state index contributed by atoms with van der Waals surface area (Å²) >= 11 is 6.46. The first-order valence-electron chi connectivity index (χ1n) is 11.9. The minimum absolute atomic E-state index is 0.203. The lowest BCUT2D eigenvalue weighted by atomic mass is 10.0. The first kappa shape index (κ1) is 24.9. The quantitative estimate of drug-likeness (QED) is 0.303. The van der Waals surface area contributed by atoms with Gasteiger partial charge in [-0.1, -0.05) is 29.8 Å². The van der Waals surface area contributed by atoms with Crippen molar-refractivity contribution in [3.63, 3.8) is 0 Å². The van der Waals surface area contributed by atoms with E-state index in [4.69, 9.17) is 21.1 Å². The third kappa shape index (κ3) is 5.65. The normalized spacial score (nSPS) is 17.8. The summed E-state index contributed by atoms with van der Waals surface area (Å²) in [7, 11) is 0. The molecule has 0 aliphatic carbocycles. The topological polar surface area (TPSA) is 88.9 Å². The monoisotopic (exact) mass is 520 g/mol. The molecule has 7 nitrogen and oxygen atoms in total. The molecule has 190 valence electrons. The molecule has 9 heteroatoms. The summed E-state index contributed by atoms with van der Waals surface area (Å²) in [6.07, 6.45) is 1.37. The van der Waals surface area contributed by atoms with Gasteiger partial charge in [-0.3, -0.25) is 4.99 Å². The van der Waals surface area contributed by atoms with Crippen molar-refractivity contribution < 1.29 is 19.0 Å². The summed E-state index contributed by atoms with van der Waals surface area (Å²) in [6, 6.07) is 17.5. The number of anilines is 2. The van der Waals surface area contributed by atoms with Crippen LogP contribution in [0.15, 0.2) is 72.0 Å². The number of nitrogens with zero attached hydrogens (tertiary/aromatic N) is 3. The fourth-order valence-corrected chi connectivity index (χ4v) is 4.23. The molecule has 0 saturated carbocycles. The van der Waals surface area contributed by atoms with Crippen LogP contribution in [-0.4, -0.2) is 39.2 Å². The molecule has 0 spiro atoms. The molecule has 3 aromatic carbocycles. The third-order valence-corrected chi connectivity index (χ3v) is 6.63. The van der Waals surface area contributed by atoms with Crippen LogP contribution in [0.5, 0.6) is 5.75 Å². The largest absolute Gasteiger partial charge is 0.487 e. The van der Waals surface area contributed by atoms with Crippen LogP contribution in [0.25, 0.3) is 10.9 Å². The van der Waals surface area contributed by atoms with Gasteiger partial charge in [0.15, 0.2) is 11.5 Å². The number of fused-ring (bicyclic) bond motifs is 1. The number of aliphatic imine (C=N–C) groups is 1. The highest BCUT2D eigenvalue weighted by atomic mass is 35.5. The Morgan fingerprint density at radius 3 is 2.76 bits per heavy atom. The molecule has 1 aliphatic heterocycles. The highest BCUT2D eigenvalue weighted by molar-refractivity contribution is 6.32. The van der Waals surface area contributed by atoms with E-state index in [0.29, 0.717) is 41.0 Å². The number of aliphatic hydroxyl groups is 1. The summed E-state index contributed by atoms with van der Waals surface area (Å²) in [6.45, 7) is 4.19. The second-order valence-electron chi connectivity index (χ2n) is 9.24. The Kier molecular flexibility index (Phi) is 6.95. The lowest BCUT2D eigenvalue weighted by molar-refractivity contribution is -0.0207. The Morgan fingerprint density at radius 1 is 1.14 bits per heavy atom. The van der Waals surface area contributed by atoms with Gasteiger partial charge in [-0.15, -0.1) is 0 Å². The van der Waals surface area contributed by atoms with E-state index in [-0.39, 0.29) is 12.4 Å². The minimum atomic E-state index is -0.700. The average molecular weight is 521 g/mol. The Balaban J connectivity index is 1.31. The minimum Gasteiger partial charge on any atom is -0.487 e. The summed E-state index contributed by atoms with van der Waals surface area (Å²) in [4.78, 5) is 13.3. The second-order valence-corrected chi connectivity index (χ2v) is 9.65. The maximum Gasteiger partial charge on any atom is 0.188 e. The maximum absolute atomic E-state index is 13.4. The van der Waals surface area contributed by atoms with E-state index in [1.807, 2.05) is 31.2 Å². The van der Waals surface area contributed by atoms with Crippen molar-refractivity contribution in [2.75, 3.05) is 11.9 Å². The van der Waals surface area contributed by atoms with Gasteiger partial charge in [0.1, 0.15) is 30.3 Å². The fourth-order valence-electron chi connectivity index (χ4n) is 4.00. The number of ether oxygens (including phenoxy) is 2. The van der Waals surface area contributed by atoms with Gasteiger partial charge in [-0.25, -0.2) is 14.4 Å². The number of benzene rings is 3. The molecule has 1 aromatic heterocycles. The number of hydrogen-bond acceptors (Lipinski definition) is 7. The van der Waals surface area contributed by atoms with Crippen molar-refractivity contribution in [1.82, 2.24) is 9.97 Å². The smallest absolute Gasteiger partial charge is 0.188 e. The third-order valence-electron chi connectivity index (χ3n) is 6.34. The van der Waals surface area contributed by atoms with Crippen LogP contribution >= 0.6 is 11.6 Å². The van der Waals surface area contributed by atoms with Gasteiger partial charge in [0, 0.05) is 17.5 Å². The molecule has 5 rings (SSSR count). The molecule has 1 aliphatic rings. The van der Waals surface area contributed by atoms with Gasteiger partial charge in [0.05, 0.1) is 23.2 Å². The van der Waals surface area contributed by atoms with Crippen LogP contribution in [0, 0.1) is 5.82 Å². The summed E-state index contributed by atoms with van der Waals surface area (Å²) in [5.74, 6) is 1.40. The first-order valence-corrected chi connectivity index (χ1v) is 12.2. The van der Waals surface area contributed by atoms with E-state index < -0.39 is 11.7 Å². The number of aliphatic hydroxyl groups excluding tert-OH is 1. The molecule has 0 fully saturated rings. The Labute approximate surface area is 219 Å². The molecular weight excluding hydrogens is 495 g/mol. The number of halogens is 2. The summed E-state index contributed by atoms with van der Waals surface area (Å²) in [5.41, 5.74) is 2.51. The number of nitrogens with one attached hydrogen (secondary N) is 1. The zero-order chi connectivity index (χ0) is 26.0. The van der Waals surface area contributed by atoms with Crippen LogP contribution in [0.2, 0.25) is 5.02 Å². The van der Waals surface area contributed by atoms with Crippen molar-refractivity contribution in [3.05, 3.63) is 89.0 Å². The van der Waals surface area contributed by atoms with Crippen LogP contribution in [0.1, 0.15) is 25.0 Å². The van der Waals surface area contributed by atoms with Crippen molar-refractivity contribution in [3.8, 4) is 5.75 Å². The predicted molar refractivity (Wildman–Crippen MR) is 142 cm³/mol. The SMILES string of the molecule is C[C@@H](O)[C@]1(C)CN=C(Cc2ccc3ncnc(Nc4ccc(OCc5cccc(F)c5)c(Cl)c4)c3c2)O1. The van der Waals surface area contributed by atoms with Crippen molar-refractivity contribution in [1.29, 1.82) is 0 Å². The molecule has 0 amide bonds. The summed E-state index contributed by atoms with van der Waals surface area (Å²) < 4.78 is 25.1.